The Morgan fingerprint density at radius 1 is 0.381 bits per heavy atom. The largest absolute Gasteiger partial charge is 0.454 e. The molecule has 0 aliphatic heterocycles. The van der Waals surface area contributed by atoms with E-state index in [4.69, 9.17) is 4.42 Å². The van der Waals surface area contributed by atoms with Gasteiger partial charge in [-0.3, -0.25) is 0 Å². The Morgan fingerprint density at radius 3 is 1.62 bits per heavy atom. The molecule has 0 radical (unpaired) electrons. The smallest absolute Gasteiger partial charge is 0.154 e. The van der Waals surface area contributed by atoms with Crippen LogP contribution in [-0.2, 0) is 0 Å². The second-order valence-electron chi connectivity index (χ2n) is 10.9. The Bertz CT molecular complexity index is 2400. The summed E-state index contributed by atoms with van der Waals surface area (Å²) < 4.78 is 9.04. The molecule has 0 aliphatic rings. The summed E-state index contributed by atoms with van der Waals surface area (Å²) in [4.78, 5) is 0. The molecule has 0 fully saturated rings. The molecule has 0 N–H and O–H groups in total. The lowest BCUT2D eigenvalue weighted by atomic mass is 9.85. The Balaban J connectivity index is 1.31. The summed E-state index contributed by atoms with van der Waals surface area (Å²) >= 11 is 1.81. The minimum atomic E-state index is 0.937. The first-order valence-corrected chi connectivity index (χ1v) is 15.1. The molecule has 0 saturated heterocycles. The lowest BCUT2D eigenvalue weighted by molar-refractivity contribution is 0.673. The first kappa shape index (κ1) is 23.5. The molecule has 2 aromatic heterocycles. The van der Waals surface area contributed by atoms with Crippen molar-refractivity contribution < 1.29 is 4.42 Å². The SMILES string of the molecule is c1ccc(-c2cccc(-c3c4ccccc4c(-c4ccc5c(c4)oc4c6ccccc6sc54)c4ccccc34)c2)cc1. The second kappa shape index (κ2) is 9.17. The normalized spacial score (nSPS) is 11.8. The van der Waals surface area contributed by atoms with Crippen LogP contribution in [-0.4, -0.2) is 0 Å². The Morgan fingerprint density at radius 2 is 0.929 bits per heavy atom. The van der Waals surface area contributed by atoms with Gasteiger partial charge in [0.05, 0.1) is 4.70 Å². The molecule has 2 heteroatoms. The third kappa shape index (κ3) is 3.49. The predicted octanol–water partition coefficient (Wildman–Crippen LogP) is 12.1. The zero-order valence-electron chi connectivity index (χ0n) is 22.7. The van der Waals surface area contributed by atoms with Crippen LogP contribution in [0.25, 0.3) is 86.3 Å². The van der Waals surface area contributed by atoms with Crippen molar-refractivity contribution in [3.63, 3.8) is 0 Å². The van der Waals surface area contributed by atoms with E-state index in [2.05, 4.69) is 146 Å². The topological polar surface area (TPSA) is 13.1 Å². The lowest BCUT2D eigenvalue weighted by Gasteiger charge is -2.18. The van der Waals surface area contributed by atoms with Crippen LogP contribution in [0.2, 0.25) is 0 Å². The highest BCUT2D eigenvalue weighted by Crippen LogP contribution is 2.46. The van der Waals surface area contributed by atoms with Gasteiger partial charge in [-0.05, 0) is 85.3 Å². The van der Waals surface area contributed by atoms with Crippen molar-refractivity contribution in [2.24, 2.45) is 0 Å². The van der Waals surface area contributed by atoms with E-state index in [-0.39, 0.29) is 0 Å². The standard InChI is InChI=1S/C40H24OS/c1-2-11-25(12-3-1)26-13-10-14-27(23-26)37-29-15-4-6-17-31(29)38(32-18-7-5-16-30(32)37)28-21-22-33-35(24-28)41-39-34-19-8-9-20-36(34)42-40(33)39/h1-24H. The molecule has 42 heavy (non-hydrogen) atoms. The maximum atomic E-state index is 6.55. The van der Waals surface area contributed by atoms with E-state index in [1.54, 1.807) is 0 Å². The molecule has 2 heterocycles. The van der Waals surface area contributed by atoms with Crippen molar-refractivity contribution in [2.45, 2.75) is 0 Å². The molecule has 9 aromatic rings. The van der Waals surface area contributed by atoms with E-state index in [0.717, 1.165) is 11.2 Å². The van der Waals surface area contributed by atoms with Crippen LogP contribution < -0.4 is 0 Å². The highest BCUT2D eigenvalue weighted by molar-refractivity contribution is 7.26. The van der Waals surface area contributed by atoms with Crippen LogP contribution in [0.4, 0.5) is 0 Å². The van der Waals surface area contributed by atoms with Crippen LogP contribution in [0.3, 0.4) is 0 Å². The summed E-state index contributed by atoms with van der Waals surface area (Å²) in [5, 5.41) is 7.36. The van der Waals surface area contributed by atoms with Gasteiger partial charge in [0.1, 0.15) is 5.58 Å². The minimum Gasteiger partial charge on any atom is -0.454 e. The monoisotopic (exact) mass is 552 g/mol. The first-order valence-electron chi connectivity index (χ1n) is 14.3. The van der Waals surface area contributed by atoms with Gasteiger partial charge < -0.3 is 4.42 Å². The average molecular weight is 553 g/mol. The van der Waals surface area contributed by atoms with E-state index in [1.807, 2.05) is 11.3 Å². The number of rotatable bonds is 3. The summed E-state index contributed by atoms with van der Waals surface area (Å²) in [7, 11) is 0. The molecule has 0 spiro atoms. The zero-order chi connectivity index (χ0) is 27.6. The van der Waals surface area contributed by atoms with Gasteiger partial charge in [0.25, 0.3) is 0 Å². The Labute approximate surface area is 246 Å². The summed E-state index contributed by atoms with van der Waals surface area (Å²) in [5.41, 5.74) is 9.29. The maximum absolute atomic E-state index is 6.55. The number of fused-ring (bicyclic) bond motifs is 7. The van der Waals surface area contributed by atoms with Gasteiger partial charge in [-0.2, -0.15) is 0 Å². The number of hydrogen-bond donors (Lipinski definition) is 0. The van der Waals surface area contributed by atoms with Gasteiger partial charge in [-0.1, -0.05) is 115 Å². The van der Waals surface area contributed by atoms with Gasteiger partial charge in [0.2, 0.25) is 0 Å². The quantitative estimate of drug-likeness (QED) is 0.199. The van der Waals surface area contributed by atoms with Crippen LogP contribution in [0.5, 0.6) is 0 Å². The second-order valence-corrected chi connectivity index (χ2v) is 11.9. The van der Waals surface area contributed by atoms with Crippen LogP contribution in [0.15, 0.2) is 150 Å². The fourth-order valence-corrected chi connectivity index (χ4v) is 7.76. The average Bonchev–Trinajstić information content (AvgIpc) is 3.60. The van der Waals surface area contributed by atoms with Crippen molar-refractivity contribution in [1.82, 2.24) is 0 Å². The molecule has 0 bridgehead atoms. The number of furan rings is 1. The van der Waals surface area contributed by atoms with Crippen molar-refractivity contribution in [3.8, 4) is 33.4 Å². The fourth-order valence-electron chi connectivity index (χ4n) is 6.60. The van der Waals surface area contributed by atoms with Gasteiger partial charge >= 0.3 is 0 Å². The highest BCUT2D eigenvalue weighted by Gasteiger charge is 2.19. The summed E-state index contributed by atoms with van der Waals surface area (Å²) in [6, 6.07) is 52.5. The highest BCUT2D eigenvalue weighted by atomic mass is 32.1. The third-order valence-corrected chi connectivity index (χ3v) is 9.65. The molecule has 0 aliphatic carbocycles. The first-order chi connectivity index (χ1) is 20.8. The molecule has 7 aromatic carbocycles. The zero-order valence-corrected chi connectivity index (χ0v) is 23.5. The van der Waals surface area contributed by atoms with Crippen LogP contribution in [0, 0.1) is 0 Å². The summed E-state index contributed by atoms with van der Waals surface area (Å²) in [6.45, 7) is 0. The summed E-state index contributed by atoms with van der Waals surface area (Å²) in [5.74, 6) is 0. The molecular formula is C40H24OS. The summed E-state index contributed by atoms with van der Waals surface area (Å²) in [6.07, 6.45) is 0. The molecule has 0 unspecified atom stereocenters. The number of benzene rings is 7. The van der Waals surface area contributed by atoms with Gasteiger partial charge in [0, 0.05) is 15.5 Å². The van der Waals surface area contributed by atoms with Gasteiger partial charge in [-0.15, -0.1) is 11.3 Å². The van der Waals surface area contributed by atoms with Crippen LogP contribution >= 0.6 is 11.3 Å². The number of thiophene rings is 1. The van der Waals surface area contributed by atoms with E-state index in [9.17, 15) is 0 Å². The predicted molar refractivity (Wildman–Crippen MR) is 180 cm³/mol. The van der Waals surface area contributed by atoms with E-state index >= 15 is 0 Å². The van der Waals surface area contributed by atoms with E-state index < -0.39 is 0 Å². The van der Waals surface area contributed by atoms with Crippen molar-refractivity contribution in [2.75, 3.05) is 0 Å². The fraction of sp³-hybridized carbons (Fsp3) is 0. The molecular weight excluding hydrogens is 529 g/mol. The molecule has 1 nitrogen and oxygen atoms in total. The molecule has 0 amide bonds. The maximum Gasteiger partial charge on any atom is 0.154 e. The Kier molecular flexibility index (Phi) is 5.13. The van der Waals surface area contributed by atoms with E-state index in [0.29, 0.717) is 0 Å². The van der Waals surface area contributed by atoms with Gasteiger partial charge in [0.15, 0.2) is 5.58 Å². The van der Waals surface area contributed by atoms with Crippen molar-refractivity contribution >= 4 is 64.2 Å². The molecule has 196 valence electrons. The molecule has 9 rings (SSSR count). The molecule has 0 atom stereocenters. The van der Waals surface area contributed by atoms with E-state index in [1.165, 1.54) is 75.1 Å². The Hall–Kier alpha value is -5.18. The molecule has 0 saturated carbocycles. The number of hydrogen-bond acceptors (Lipinski definition) is 2. The van der Waals surface area contributed by atoms with Crippen LogP contribution in [0.1, 0.15) is 0 Å². The van der Waals surface area contributed by atoms with Crippen molar-refractivity contribution in [3.05, 3.63) is 146 Å². The lowest BCUT2D eigenvalue weighted by Crippen LogP contribution is -1.91. The van der Waals surface area contributed by atoms with Crippen molar-refractivity contribution in [1.29, 1.82) is 0 Å². The minimum absolute atomic E-state index is 0.937. The van der Waals surface area contributed by atoms with Gasteiger partial charge in [-0.25, -0.2) is 0 Å². The third-order valence-electron chi connectivity index (χ3n) is 8.47.